The molecule has 6 heteroatoms. The highest BCUT2D eigenvalue weighted by atomic mass is 79.9. The minimum atomic E-state index is -0.388. The zero-order valence-electron chi connectivity index (χ0n) is 11.1. The van der Waals surface area contributed by atoms with Gasteiger partial charge in [0.05, 0.1) is 0 Å². The number of nitrogens with one attached hydrogen (secondary N) is 1. The van der Waals surface area contributed by atoms with E-state index in [0.717, 1.165) is 12.1 Å². The number of hydrogen-bond acceptors (Lipinski definition) is 3. The van der Waals surface area contributed by atoms with E-state index in [9.17, 15) is 4.39 Å². The molecule has 3 nitrogen and oxygen atoms in total. The number of aromatic nitrogens is 1. The van der Waals surface area contributed by atoms with Gasteiger partial charge in [-0.1, -0.05) is 27.5 Å². The molecule has 1 saturated carbocycles. The highest BCUT2D eigenvalue weighted by Crippen LogP contribution is 2.30. The van der Waals surface area contributed by atoms with Crippen LogP contribution in [0.1, 0.15) is 18.4 Å². The predicted octanol–water partition coefficient (Wildman–Crippen LogP) is 4.68. The van der Waals surface area contributed by atoms with E-state index in [4.69, 9.17) is 16.3 Å². The van der Waals surface area contributed by atoms with Crippen LogP contribution in [0.4, 0.5) is 4.39 Å². The Labute approximate surface area is 135 Å². The quantitative estimate of drug-likeness (QED) is 0.828. The number of ether oxygens (including phenoxy) is 1. The van der Waals surface area contributed by atoms with Gasteiger partial charge >= 0.3 is 0 Å². The van der Waals surface area contributed by atoms with Crippen LogP contribution in [-0.2, 0) is 6.54 Å². The normalized spacial score (nSPS) is 14.2. The van der Waals surface area contributed by atoms with Crippen LogP contribution >= 0.6 is 27.5 Å². The highest BCUT2D eigenvalue weighted by molar-refractivity contribution is 9.10. The summed E-state index contributed by atoms with van der Waals surface area (Å²) < 4.78 is 19.4. The zero-order valence-corrected chi connectivity index (χ0v) is 13.4. The first-order valence-electron chi connectivity index (χ1n) is 6.62. The molecule has 2 aromatic rings. The number of halogens is 3. The summed E-state index contributed by atoms with van der Waals surface area (Å²) in [4.78, 5) is 4.20. The lowest BCUT2D eigenvalue weighted by Crippen LogP contribution is -2.15. The zero-order chi connectivity index (χ0) is 14.8. The van der Waals surface area contributed by atoms with E-state index in [1.165, 1.54) is 25.0 Å². The third-order valence-electron chi connectivity index (χ3n) is 3.09. The van der Waals surface area contributed by atoms with Crippen molar-refractivity contribution < 1.29 is 9.13 Å². The first-order valence-corrected chi connectivity index (χ1v) is 7.79. The summed E-state index contributed by atoms with van der Waals surface area (Å²) in [5, 5.41) is 3.80. The van der Waals surface area contributed by atoms with Crippen molar-refractivity contribution in [3.8, 4) is 11.6 Å². The van der Waals surface area contributed by atoms with Gasteiger partial charge in [-0.15, -0.1) is 0 Å². The van der Waals surface area contributed by atoms with Crippen molar-refractivity contribution in [2.24, 2.45) is 0 Å². The van der Waals surface area contributed by atoms with Crippen molar-refractivity contribution in [1.82, 2.24) is 10.3 Å². The molecule has 21 heavy (non-hydrogen) atoms. The van der Waals surface area contributed by atoms with Gasteiger partial charge in [0, 0.05) is 29.3 Å². The Morgan fingerprint density at radius 2 is 2.14 bits per heavy atom. The first kappa shape index (κ1) is 14.8. The molecular weight excluding hydrogens is 359 g/mol. The molecule has 0 radical (unpaired) electrons. The maximum Gasteiger partial charge on any atom is 0.238 e. The molecule has 0 saturated heterocycles. The van der Waals surface area contributed by atoms with Gasteiger partial charge < -0.3 is 10.1 Å². The Hall–Kier alpha value is -1.17. The van der Waals surface area contributed by atoms with E-state index < -0.39 is 0 Å². The summed E-state index contributed by atoms with van der Waals surface area (Å²) in [6.07, 6.45) is 4.18. The van der Waals surface area contributed by atoms with Crippen molar-refractivity contribution in [3.63, 3.8) is 0 Å². The monoisotopic (exact) mass is 370 g/mol. The summed E-state index contributed by atoms with van der Waals surface area (Å²) >= 11 is 9.38. The summed E-state index contributed by atoms with van der Waals surface area (Å²) in [7, 11) is 0. The Balaban J connectivity index is 1.72. The van der Waals surface area contributed by atoms with Crippen molar-refractivity contribution in [1.29, 1.82) is 0 Å². The molecule has 1 aliphatic rings. The van der Waals surface area contributed by atoms with Crippen LogP contribution in [-0.4, -0.2) is 11.0 Å². The third-order valence-corrected chi connectivity index (χ3v) is 3.82. The number of pyridine rings is 1. The van der Waals surface area contributed by atoms with E-state index >= 15 is 0 Å². The van der Waals surface area contributed by atoms with Crippen molar-refractivity contribution >= 4 is 27.5 Å². The van der Waals surface area contributed by atoms with Crippen LogP contribution in [0.5, 0.6) is 11.6 Å². The fourth-order valence-electron chi connectivity index (χ4n) is 1.89. The molecule has 1 aliphatic carbocycles. The Morgan fingerprint density at radius 3 is 2.81 bits per heavy atom. The van der Waals surface area contributed by atoms with E-state index in [-0.39, 0.29) is 11.7 Å². The molecule has 0 aliphatic heterocycles. The van der Waals surface area contributed by atoms with Crippen LogP contribution in [0.2, 0.25) is 5.02 Å². The third kappa shape index (κ3) is 4.15. The van der Waals surface area contributed by atoms with E-state index in [0.29, 0.717) is 21.3 Å². The van der Waals surface area contributed by atoms with Crippen LogP contribution in [0.3, 0.4) is 0 Å². The molecule has 0 atom stereocenters. The number of hydrogen-bond donors (Lipinski definition) is 1. The molecule has 1 N–H and O–H groups in total. The Bertz CT molecular complexity index is 644. The van der Waals surface area contributed by atoms with Gasteiger partial charge in [0.1, 0.15) is 16.6 Å². The Morgan fingerprint density at radius 1 is 1.33 bits per heavy atom. The lowest BCUT2D eigenvalue weighted by atomic mass is 10.3. The van der Waals surface area contributed by atoms with Crippen molar-refractivity contribution in [3.05, 3.63) is 51.3 Å². The predicted molar refractivity (Wildman–Crippen MR) is 83.3 cm³/mol. The SMILES string of the molecule is Fc1cc(Br)cc(Oc2ncc(CNC3CC3)cc2Cl)c1. The topological polar surface area (TPSA) is 34.1 Å². The van der Waals surface area contributed by atoms with E-state index in [1.807, 2.05) is 6.07 Å². The minimum absolute atomic E-state index is 0.268. The van der Waals surface area contributed by atoms with Crippen molar-refractivity contribution in [2.45, 2.75) is 25.4 Å². The Kier molecular flexibility index (Phi) is 4.42. The average molecular weight is 372 g/mol. The van der Waals surface area contributed by atoms with E-state index in [2.05, 4.69) is 26.2 Å². The van der Waals surface area contributed by atoms with Gasteiger partial charge in [-0.25, -0.2) is 9.37 Å². The molecule has 1 aromatic carbocycles. The minimum Gasteiger partial charge on any atom is -0.437 e. The standard InChI is InChI=1S/C15H13BrClFN2O/c16-10-4-11(18)6-13(5-10)21-15-14(17)3-9(8-20-15)7-19-12-1-2-12/h3-6,8,12,19H,1-2,7H2. The second-order valence-corrected chi connectivity index (χ2v) is 6.32. The van der Waals surface area contributed by atoms with Gasteiger partial charge in [-0.05, 0) is 36.6 Å². The summed E-state index contributed by atoms with van der Waals surface area (Å²) in [5.41, 5.74) is 1.000. The summed E-state index contributed by atoms with van der Waals surface area (Å²) in [6.45, 7) is 0.739. The van der Waals surface area contributed by atoms with Gasteiger partial charge in [-0.3, -0.25) is 0 Å². The summed E-state index contributed by atoms with van der Waals surface area (Å²) in [6, 6.07) is 6.74. The molecule has 1 fully saturated rings. The molecule has 1 aromatic heterocycles. The fourth-order valence-corrected chi connectivity index (χ4v) is 2.56. The first-order chi connectivity index (χ1) is 10.1. The average Bonchev–Trinajstić information content (AvgIpc) is 3.22. The molecule has 3 rings (SSSR count). The molecule has 1 heterocycles. The largest absolute Gasteiger partial charge is 0.437 e. The van der Waals surface area contributed by atoms with Gasteiger partial charge in [0.2, 0.25) is 5.88 Å². The maximum absolute atomic E-state index is 13.3. The second-order valence-electron chi connectivity index (χ2n) is 4.99. The maximum atomic E-state index is 13.3. The number of benzene rings is 1. The lowest BCUT2D eigenvalue weighted by Gasteiger charge is -2.09. The van der Waals surface area contributed by atoms with E-state index in [1.54, 1.807) is 12.3 Å². The molecular formula is C15H13BrClFN2O. The smallest absolute Gasteiger partial charge is 0.238 e. The van der Waals surface area contributed by atoms with Gasteiger partial charge in [0.15, 0.2) is 0 Å². The molecule has 0 unspecified atom stereocenters. The molecule has 0 bridgehead atoms. The van der Waals surface area contributed by atoms with Crippen LogP contribution in [0.25, 0.3) is 0 Å². The second kappa shape index (κ2) is 6.30. The molecule has 110 valence electrons. The summed E-state index contributed by atoms with van der Waals surface area (Å²) in [5.74, 6) is 0.227. The highest BCUT2D eigenvalue weighted by Gasteiger charge is 2.20. The van der Waals surface area contributed by atoms with Gasteiger partial charge in [0.25, 0.3) is 0 Å². The molecule has 0 amide bonds. The number of rotatable bonds is 5. The van der Waals surface area contributed by atoms with Crippen LogP contribution < -0.4 is 10.1 Å². The van der Waals surface area contributed by atoms with Crippen LogP contribution in [0, 0.1) is 5.82 Å². The lowest BCUT2D eigenvalue weighted by molar-refractivity contribution is 0.457. The van der Waals surface area contributed by atoms with Gasteiger partial charge in [-0.2, -0.15) is 0 Å². The van der Waals surface area contributed by atoms with Crippen LogP contribution in [0.15, 0.2) is 34.9 Å². The number of nitrogens with zero attached hydrogens (tertiary/aromatic N) is 1. The fraction of sp³-hybridized carbons (Fsp3) is 0.267. The van der Waals surface area contributed by atoms with Crippen molar-refractivity contribution in [2.75, 3.05) is 0 Å². The molecule has 0 spiro atoms.